The third-order valence-electron chi connectivity index (χ3n) is 3.39. The van der Waals surface area contributed by atoms with Crippen LogP contribution < -0.4 is 9.47 Å². The van der Waals surface area contributed by atoms with Crippen molar-refractivity contribution in [3.8, 4) is 11.5 Å². The summed E-state index contributed by atoms with van der Waals surface area (Å²) in [5.74, 6) is -0.680. The Labute approximate surface area is 142 Å². The molecule has 0 amide bonds. The van der Waals surface area contributed by atoms with E-state index in [0.717, 1.165) is 19.3 Å². The lowest BCUT2D eigenvalue weighted by Gasteiger charge is -2.09. The largest absolute Gasteiger partial charge is 0.423 e. The molecule has 1 unspecified atom stereocenters. The van der Waals surface area contributed by atoms with Gasteiger partial charge in [-0.15, -0.1) is 0 Å². The van der Waals surface area contributed by atoms with E-state index in [1.165, 1.54) is 26.0 Å². The van der Waals surface area contributed by atoms with Gasteiger partial charge in [-0.3, -0.25) is 14.4 Å². The van der Waals surface area contributed by atoms with Crippen LogP contribution in [0, 0.1) is 5.92 Å². The molecule has 0 saturated heterocycles. The van der Waals surface area contributed by atoms with Gasteiger partial charge in [0.05, 0.1) is 0 Å². The first-order valence-electron chi connectivity index (χ1n) is 8.06. The van der Waals surface area contributed by atoms with E-state index >= 15 is 0 Å². The minimum Gasteiger partial charge on any atom is -0.423 e. The van der Waals surface area contributed by atoms with Gasteiger partial charge in [-0.05, 0) is 30.2 Å². The maximum Gasteiger partial charge on any atom is 0.308 e. The summed E-state index contributed by atoms with van der Waals surface area (Å²) in [6, 6.07) is 4.77. The highest BCUT2D eigenvalue weighted by molar-refractivity contribution is 5.95. The number of benzene rings is 1. The van der Waals surface area contributed by atoms with E-state index in [-0.39, 0.29) is 23.2 Å². The van der Waals surface area contributed by atoms with E-state index in [0.29, 0.717) is 5.56 Å². The normalized spacial score (nSPS) is 12.0. The minimum absolute atomic E-state index is 0.0190. The molecule has 130 valence electrons. The zero-order valence-corrected chi connectivity index (χ0v) is 14.6. The van der Waals surface area contributed by atoms with E-state index in [4.69, 9.17) is 9.47 Å². The molecule has 0 heterocycles. The van der Waals surface area contributed by atoms with Gasteiger partial charge in [0.15, 0.2) is 17.3 Å². The molecular weight excluding hydrogens is 308 g/mol. The molecule has 0 bridgehead atoms. The monoisotopic (exact) mass is 332 g/mol. The first-order valence-corrected chi connectivity index (χ1v) is 8.06. The number of hydrogen-bond donors (Lipinski definition) is 0. The van der Waals surface area contributed by atoms with Gasteiger partial charge in [-0.1, -0.05) is 38.8 Å². The quantitative estimate of drug-likeness (QED) is 0.409. The second-order valence-corrected chi connectivity index (χ2v) is 5.67. The van der Waals surface area contributed by atoms with Crippen molar-refractivity contribution in [1.29, 1.82) is 0 Å². The summed E-state index contributed by atoms with van der Waals surface area (Å²) in [6.07, 6.45) is 6.14. The molecule has 0 saturated carbocycles. The summed E-state index contributed by atoms with van der Waals surface area (Å²) in [6.45, 7) is 6.53. The van der Waals surface area contributed by atoms with Gasteiger partial charge in [0, 0.05) is 19.8 Å². The molecule has 0 aliphatic heterocycles. The van der Waals surface area contributed by atoms with Gasteiger partial charge < -0.3 is 9.47 Å². The summed E-state index contributed by atoms with van der Waals surface area (Å²) >= 11 is 0. The van der Waals surface area contributed by atoms with Crippen LogP contribution in [-0.4, -0.2) is 17.7 Å². The Kier molecular flexibility index (Phi) is 7.89. The smallest absolute Gasteiger partial charge is 0.308 e. The molecule has 24 heavy (non-hydrogen) atoms. The van der Waals surface area contributed by atoms with Crippen LogP contribution in [0.15, 0.2) is 24.3 Å². The number of hydrogen-bond acceptors (Lipinski definition) is 5. The Balaban J connectivity index is 2.91. The van der Waals surface area contributed by atoms with Gasteiger partial charge >= 0.3 is 11.9 Å². The van der Waals surface area contributed by atoms with E-state index in [9.17, 15) is 14.4 Å². The van der Waals surface area contributed by atoms with E-state index in [1.807, 2.05) is 6.92 Å². The molecular formula is C19H24O5. The highest BCUT2D eigenvalue weighted by Gasteiger charge is 2.12. The Hall–Kier alpha value is -2.43. The van der Waals surface area contributed by atoms with Gasteiger partial charge in [0.25, 0.3) is 0 Å². The Morgan fingerprint density at radius 1 is 1.08 bits per heavy atom. The van der Waals surface area contributed by atoms with E-state index in [1.54, 1.807) is 18.2 Å². The van der Waals surface area contributed by atoms with Crippen LogP contribution in [0.1, 0.15) is 52.5 Å². The van der Waals surface area contributed by atoms with Gasteiger partial charge in [0.1, 0.15) is 0 Å². The molecule has 0 aliphatic carbocycles. The minimum atomic E-state index is -0.520. The lowest BCUT2D eigenvalue weighted by molar-refractivity contribution is -0.134. The van der Waals surface area contributed by atoms with Crippen molar-refractivity contribution in [2.75, 3.05) is 0 Å². The van der Waals surface area contributed by atoms with E-state index in [2.05, 4.69) is 6.92 Å². The molecule has 0 aliphatic rings. The number of esters is 2. The maximum atomic E-state index is 12.1. The summed E-state index contributed by atoms with van der Waals surface area (Å²) in [5, 5.41) is 0. The highest BCUT2D eigenvalue weighted by atomic mass is 16.6. The van der Waals surface area contributed by atoms with Gasteiger partial charge in [-0.25, -0.2) is 0 Å². The molecule has 0 aromatic heterocycles. The lowest BCUT2D eigenvalue weighted by atomic mass is 9.99. The fourth-order valence-corrected chi connectivity index (χ4v) is 2.10. The van der Waals surface area contributed by atoms with Crippen LogP contribution in [0.2, 0.25) is 0 Å². The number of ketones is 1. The first kappa shape index (κ1) is 19.6. The van der Waals surface area contributed by atoms with Crippen molar-refractivity contribution in [2.24, 2.45) is 5.92 Å². The molecule has 0 fully saturated rings. The van der Waals surface area contributed by atoms with Gasteiger partial charge in [-0.2, -0.15) is 0 Å². The Morgan fingerprint density at radius 2 is 1.71 bits per heavy atom. The first-order chi connectivity index (χ1) is 11.3. The molecule has 1 aromatic rings. The number of carbonyl (C=O) groups is 3. The van der Waals surface area contributed by atoms with Crippen LogP contribution in [0.3, 0.4) is 0 Å². The summed E-state index contributed by atoms with van der Waals surface area (Å²) in [5.41, 5.74) is 0.679. The molecule has 5 nitrogen and oxygen atoms in total. The number of rotatable bonds is 8. The SMILES string of the molecule is CCCCC(C)C(=O)/C=C/c1ccc(OC(C)=O)c(OC(C)=O)c1. The van der Waals surface area contributed by atoms with Crippen LogP contribution in [0.25, 0.3) is 6.08 Å². The summed E-state index contributed by atoms with van der Waals surface area (Å²) in [7, 11) is 0. The third-order valence-corrected chi connectivity index (χ3v) is 3.39. The van der Waals surface area contributed by atoms with E-state index < -0.39 is 11.9 Å². The fourth-order valence-electron chi connectivity index (χ4n) is 2.10. The molecule has 1 aromatic carbocycles. The predicted octanol–water partition coefficient (Wildman–Crippen LogP) is 3.95. The molecule has 1 rings (SSSR count). The van der Waals surface area contributed by atoms with Crippen LogP contribution in [0.4, 0.5) is 0 Å². The molecule has 5 heteroatoms. The van der Waals surface area contributed by atoms with Crippen molar-refractivity contribution in [3.63, 3.8) is 0 Å². The Morgan fingerprint density at radius 3 is 2.29 bits per heavy atom. The maximum absolute atomic E-state index is 12.1. The number of carbonyl (C=O) groups excluding carboxylic acids is 3. The van der Waals surface area contributed by atoms with Crippen LogP contribution in [-0.2, 0) is 14.4 Å². The molecule has 0 radical (unpaired) electrons. The second-order valence-electron chi connectivity index (χ2n) is 5.67. The molecule has 0 N–H and O–H groups in total. The molecule has 0 spiro atoms. The lowest BCUT2D eigenvalue weighted by Crippen LogP contribution is -2.08. The van der Waals surface area contributed by atoms with Gasteiger partial charge in [0.2, 0.25) is 0 Å². The van der Waals surface area contributed by atoms with Crippen molar-refractivity contribution in [3.05, 3.63) is 29.8 Å². The average molecular weight is 332 g/mol. The number of allylic oxidation sites excluding steroid dienone is 1. The topological polar surface area (TPSA) is 69.7 Å². The summed E-state index contributed by atoms with van der Waals surface area (Å²) in [4.78, 5) is 34.3. The fraction of sp³-hybridized carbons (Fsp3) is 0.421. The summed E-state index contributed by atoms with van der Waals surface area (Å²) < 4.78 is 10.1. The third kappa shape index (κ3) is 6.77. The Bertz CT molecular complexity index is 631. The zero-order chi connectivity index (χ0) is 18.1. The van der Waals surface area contributed by atoms with Crippen molar-refractivity contribution in [2.45, 2.75) is 47.0 Å². The highest BCUT2D eigenvalue weighted by Crippen LogP contribution is 2.29. The van der Waals surface area contributed by atoms with Crippen molar-refractivity contribution < 1.29 is 23.9 Å². The van der Waals surface area contributed by atoms with Crippen molar-refractivity contribution in [1.82, 2.24) is 0 Å². The van der Waals surface area contributed by atoms with Crippen molar-refractivity contribution >= 4 is 23.8 Å². The van der Waals surface area contributed by atoms with Crippen LogP contribution >= 0.6 is 0 Å². The zero-order valence-electron chi connectivity index (χ0n) is 14.6. The standard InChI is InChI=1S/C19H24O5/c1-5-6-7-13(2)17(22)10-8-16-9-11-18(23-14(3)20)19(12-16)24-15(4)21/h8-13H,5-7H2,1-4H3/b10-8+. The predicted molar refractivity (Wildman–Crippen MR) is 91.8 cm³/mol. The average Bonchev–Trinajstić information content (AvgIpc) is 2.51. The molecule has 1 atom stereocenters. The number of unbranched alkanes of at least 4 members (excludes halogenated alkanes) is 1. The second kappa shape index (κ2) is 9.65. The number of ether oxygens (including phenoxy) is 2. The van der Waals surface area contributed by atoms with Crippen LogP contribution in [0.5, 0.6) is 11.5 Å².